The Morgan fingerprint density at radius 3 is 2.70 bits per heavy atom. The minimum absolute atomic E-state index is 0.142. The molecule has 0 saturated heterocycles. The van der Waals surface area contributed by atoms with Crippen molar-refractivity contribution in [3.05, 3.63) is 54.2 Å². The van der Waals surface area contributed by atoms with Gasteiger partial charge in [-0.3, -0.25) is 9.59 Å². The molecule has 0 spiro atoms. The zero-order valence-corrected chi connectivity index (χ0v) is 21.2. The van der Waals surface area contributed by atoms with E-state index in [2.05, 4.69) is 15.3 Å². The highest BCUT2D eigenvalue weighted by molar-refractivity contribution is 5.95. The molecule has 0 bridgehead atoms. The Balaban J connectivity index is 1.56. The van der Waals surface area contributed by atoms with Crippen molar-refractivity contribution in [3.8, 4) is 28.5 Å². The molecule has 10 heteroatoms. The summed E-state index contributed by atoms with van der Waals surface area (Å²) in [4.78, 5) is 35.7. The molecule has 2 aromatic carbocycles. The lowest BCUT2D eigenvalue weighted by Crippen LogP contribution is -2.35. The van der Waals surface area contributed by atoms with Crippen LogP contribution in [0.15, 0.2) is 48.7 Å². The zero-order valence-electron chi connectivity index (χ0n) is 21.2. The van der Waals surface area contributed by atoms with Crippen LogP contribution >= 0.6 is 0 Å². The molecule has 1 aromatic heterocycles. The van der Waals surface area contributed by atoms with Crippen molar-refractivity contribution in [2.75, 3.05) is 44.5 Å². The molecule has 2 amide bonds. The van der Waals surface area contributed by atoms with Gasteiger partial charge in [0.05, 0.1) is 24.4 Å². The third-order valence-corrected chi connectivity index (χ3v) is 6.22. The SMILES string of the molecule is CCN(CC)C(=O)COc1cc(-c2ccnc(N)n2)ccc1NC(=O)C1COc2ccc(OC)cc2C1. The Morgan fingerprint density at radius 1 is 1.16 bits per heavy atom. The highest BCUT2D eigenvalue weighted by Gasteiger charge is 2.27. The van der Waals surface area contributed by atoms with E-state index in [0.29, 0.717) is 48.0 Å². The Kier molecular flexibility index (Phi) is 8.07. The summed E-state index contributed by atoms with van der Waals surface area (Å²) in [5.74, 6) is 1.17. The van der Waals surface area contributed by atoms with Gasteiger partial charge in [0.25, 0.3) is 5.91 Å². The molecule has 194 valence electrons. The molecular weight excluding hydrogens is 474 g/mol. The average molecular weight is 506 g/mol. The number of aromatic nitrogens is 2. The number of hydrogen-bond acceptors (Lipinski definition) is 8. The zero-order chi connectivity index (χ0) is 26.4. The average Bonchev–Trinajstić information content (AvgIpc) is 2.92. The molecule has 0 radical (unpaired) electrons. The maximum Gasteiger partial charge on any atom is 0.260 e. The second-order valence-corrected chi connectivity index (χ2v) is 8.54. The van der Waals surface area contributed by atoms with Crippen LogP contribution in [0.5, 0.6) is 17.2 Å². The number of nitrogens with zero attached hydrogens (tertiary/aromatic N) is 3. The Labute approximate surface area is 215 Å². The van der Waals surface area contributed by atoms with Gasteiger partial charge in [0.2, 0.25) is 11.9 Å². The lowest BCUT2D eigenvalue weighted by atomic mass is 9.95. The third kappa shape index (κ3) is 6.08. The van der Waals surface area contributed by atoms with E-state index in [1.165, 1.54) is 0 Å². The quantitative estimate of drug-likeness (QED) is 0.454. The van der Waals surface area contributed by atoms with Crippen molar-refractivity contribution < 1.29 is 23.8 Å². The predicted molar refractivity (Wildman–Crippen MR) is 140 cm³/mol. The highest BCUT2D eigenvalue weighted by Crippen LogP contribution is 2.34. The number of methoxy groups -OCH3 is 1. The van der Waals surface area contributed by atoms with Crippen LogP contribution in [0.3, 0.4) is 0 Å². The first-order valence-electron chi connectivity index (χ1n) is 12.2. The molecular formula is C27H31N5O5. The fraction of sp³-hybridized carbons (Fsp3) is 0.333. The molecule has 37 heavy (non-hydrogen) atoms. The van der Waals surface area contributed by atoms with Crippen LogP contribution in [0.25, 0.3) is 11.3 Å². The maximum atomic E-state index is 13.2. The number of carbonyl (C=O) groups excluding carboxylic acids is 2. The van der Waals surface area contributed by atoms with Gasteiger partial charge in [-0.2, -0.15) is 0 Å². The van der Waals surface area contributed by atoms with E-state index in [-0.39, 0.29) is 31.0 Å². The van der Waals surface area contributed by atoms with E-state index in [9.17, 15) is 9.59 Å². The fourth-order valence-electron chi connectivity index (χ4n) is 4.15. The van der Waals surface area contributed by atoms with Crippen molar-refractivity contribution in [1.82, 2.24) is 14.9 Å². The van der Waals surface area contributed by atoms with Gasteiger partial charge in [-0.1, -0.05) is 6.07 Å². The molecule has 1 unspecified atom stereocenters. The maximum absolute atomic E-state index is 13.2. The summed E-state index contributed by atoms with van der Waals surface area (Å²) in [5.41, 5.74) is 8.40. The number of nitrogens with two attached hydrogens (primary N) is 1. The number of fused-ring (bicyclic) bond motifs is 1. The Morgan fingerprint density at radius 2 is 1.97 bits per heavy atom. The first-order chi connectivity index (χ1) is 17.9. The monoisotopic (exact) mass is 505 g/mol. The van der Waals surface area contributed by atoms with Crippen LogP contribution in [0, 0.1) is 5.92 Å². The van der Waals surface area contributed by atoms with Gasteiger partial charge < -0.3 is 30.2 Å². The van der Waals surface area contributed by atoms with Gasteiger partial charge in [-0.15, -0.1) is 0 Å². The molecule has 1 atom stereocenters. The molecule has 3 aromatic rings. The van der Waals surface area contributed by atoms with E-state index >= 15 is 0 Å². The fourth-order valence-corrected chi connectivity index (χ4v) is 4.15. The number of nitrogens with one attached hydrogen (secondary N) is 1. The second kappa shape index (κ2) is 11.6. The molecule has 4 rings (SSSR count). The normalized spacial score (nSPS) is 14.2. The van der Waals surface area contributed by atoms with Gasteiger partial charge in [-0.25, -0.2) is 9.97 Å². The topological polar surface area (TPSA) is 129 Å². The smallest absolute Gasteiger partial charge is 0.260 e. The van der Waals surface area contributed by atoms with E-state index < -0.39 is 5.92 Å². The van der Waals surface area contributed by atoms with Crippen LogP contribution < -0.4 is 25.3 Å². The first-order valence-corrected chi connectivity index (χ1v) is 12.2. The van der Waals surface area contributed by atoms with E-state index in [4.69, 9.17) is 19.9 Å². The summed E-state index contributed by atoms with van der Waals surface area (Å²) in [7, 11) is 1.60. The number of likely N-dealkylation sites (N-methyl/N-ethyl adjacent to an activating group) is 1. The number of carbonyl (C=O) groups is 2. The summed E-state index contributed by atoms with van der Waals surface area (Å²) in [6.07, 6.45) is 2.07. The second-order valence-electron chi connectivity index (χ2n) is 8.54. The molecule has 2 heterocycles. The van der Waals surface area contributed by atoms with Crippen LogP contribution in [0.1, 0.15) is 19.4 Å². The largest absolute Gasteiger partial charge is 0.497 e. The highest BCUT2D eigenvalue weighted by atomic mass is 16.5. The van der Waals surface area contributed by atoms with Gasteiger partial charge in [-0.05, 0) is 62.2 Å². The summed E-state index contributed by atoms with van der Waals surface area (Å²) in [6, 6.07) is 12.5. The number of ether oxygens (including phenoxy) is 3. The molecule has 1 aliphatic heterocycles. The minimum atomic E-state index is -0.411. The third-order valence-electron chi connectivity index (χ3n) is 6.22. The van der Waals surface area contributed by atoms with Crippen molar-refractivity contribution in [2.24, 2.45) is 5.92 Å². The van der Waals surface area contributed by atoms with Crippen molar-refractivity contribution in [3.63, 3.8) is 0 Å². The van der Waals surface area contributed by atoms with E-state index in [1.54, 1.807) is 42.5 Å². The van der Waals surface area contributed by atoms with Crippen LogP contribution in [-0.4, -0.2) is 60.1 Å². The number of amides is 2. The summed E-state index contributed by atoms with van der Waals surface area (Å²) >= 11 is 0. The Bertz CT molecular complexity index is 1280. The number of hydrogen-bond donors (Lipinski definition) is 2. The van der Waals surface area contributed by atoms with Crippen molar-refractivity contribution in [1.29, 1.82) is 0 Å². The van der Waals surface area contributed by atoms with Crippen LogP contribution in [-0.2, 0) is 16.0 Å². The minimum Gasteiger partial charge on any atom is -0.497 e. The van der Waals surface area contributed by atoms with Gasteiger partial charge in [0.1, 0.15) is 23.9 Å². The standard InChI is InChI=1S/C27H31N5O5/c1-4-32(5-2)25(33)16-37-24-14-17(21-10-11-29-27(28)31-21)6-8-22(24)30-26(34)19-12-18-13-20(35-3)7-9-23(18)36-15-19/h6-11,13-14,19H,4-5,12,15-16H2,1-3H3,(H,30,34)(H2,28,29,31). The number of anilines is 2. The molecule has 0 saturated carbocycles. The molecule has 1 aliphatic rings. The first kappa shape index (κ1) is 25.7. The summed E-state index contributed by atoms with van der Waals surface area (Å²) < 4.78 is 17.0. The number of benzene rings is 2. The van der Waals surface area contributed by atoms with Crippen molar-refractivity contribution >= 4 is 23.5 Å². The van der Waals surface area contributed by atoms with E-state index in [1.807, 2.05) is 32.0 Å². The summed E-state index contributed by atoms with van der Waals surface area (Å²) in [6.45, 7) is 5.06. The lowest BCUT2D eigenvalue weighted by Gasteiger charge is -2.25. The number of rotatable bonds is 9. The Hall–Kier alpha value is -4.34. The number of nitrogen functional groups attached to an aromatic ring is 1. The predicted octanol–water partition coefficient (Wildman–Crippen LogP) is 3.17. The van der Waals surface area contributed by atoms with Crippen molar-refractivity contribution in [2.45, 2.75) is 20.3 Å². The lowest BCUT2D eigenvalue weighted by molar-refractivity contribution is -0.132. The molecule has 0 aliphatic carbocycles. The van der Waals surface area contributed by atoms with Gasteiger partial charge >= 0.3 is 0 Å². The van der Waals surface area contributed by atoms with Gasteiger partial charge in [0.15, 0.2) is 6.61 Å². The molecule has 10 nitrogen and oxygen atoms in total. The molecule has 3 N–H and O–H groups in total. The summed E-state index contributed by atoms with van der Waals surface area (Å²) in [5, 5.41) is 2.95. The molecule has 0 fully saturated rings. The van der Waals surface area contributed by atoms with Crippen LogP contribution in [0.4, 0.5) is 11.6 Å². The van der Waals surface area contributed by atoms with Crippen LogP contribution in [0.2, 0.25) is 0 Å². The van der Waals surface area contributed by atoms with Gasteiger partial charge in [0, 0.05) is 24.8 Å². The van der Waals surface area contributed by atoms with E-state index in [0.717, 1.165) is 11.3 Å².